The first-order valence-electron chi connectivity index (χ1n) is 5.29. The Bertz CT molecular complexity index is 488. The summed E-state index contributed by atoms with van der Waals surface area (Å²) in [6, 6.07) is 10.9. The minimum atomic E-state index is -0.254. The molecule has 3 heteroatoms. The van der Waals surface area contributed by atoms with Crippen LogP contribution in [0.15, 0.2) is 42.6 Å². The largest absolute Gasteiger partial charge is 0.292 e. The van der Waals surface area contributed by atoms with Crippen LogP contribution in [0.4, 0.5) is 0 Å². The topological polar surface area (TPSA) is 34.9 Å². The molecular weight excluding hydrogens is 200 g/mol. The Labute approximate surface area is 94.7 Å². The first kappa shape index (κ1) is 10.6. The predicted octanol–water partition coefficient (Wildman–Crippen LogP) is 2.64. The Morgan fingerprint density at radius 3 is 2.50 bits per heavy atom. The van der Waals surface area contributed by atoms with Gasteiger partial charge in [-0.15, -0.1) is 0 Å². The van der Waals surface area contributed by atoms with E-state index in [1.807, 2.05) is 56.4 Å². The number of aromatic nitrogens is 2. The predicted molar refractivity (Wildman–Crippen MR) is 62.4 cm³/mol. The van der Waals surface area contributed by atoms with Crippen molar-refractivity contribution < 1.29 is 4.79 Å². The van der Waals surface area contributed by atoms with Gasteiger partial charge in [0, 0.05) is 11.8 Å². The third-order valence-corrected chi connectivity index (χ3v) is 2.58. The molecule has 1 aromatic heterocycles. The number of benzene rings is 1. The van der Waals surface area contributed by atoms with Gasteiger partial charge >= 0.3 is 0 Å². The van der Waals surface area contributed by atoms with Gasteiger partial charge < -0.3 is 0 Å². The third-order valence-electron chi connectivity index (χ3n) is 2.58. The van der Waals surface area contributed by atoms with E-state index in [0.29, 0.717) is 0 Å². The minimum Gasteiger partial charge on any atom is -0.292 e. The second-order valence-electron chi connectivity index (χ2n) is 3.84. The molecule has 1 aromatic carbocycles. The summed E-state index contributed by atoms with van der Waals surface area (Å²) in [6.07, 6.45) is 1.83. The van der Waals surface area contributed by atoms with Crippen molar-refractivity contribution in [1.82, 2.24) is 9.78 Å². The first-order chi connectivity index (χ1) is 7.68. The number of hydrogen-bond donors (Lipinski definition) is 0. The molecule has 0 aliphatic rings. The fourth-order valence-electron chi connectivity index (χ4n) is 1.61. The summed E-state index contributed by atoms with van der Waals surface area (Å²) in [4.78, 5) is 12.1. The Morgan fingerprint density at radius 2 is 1.94 bits per heavy atom. The lowest BCUT2D eigenvalue weighted by Crippen LogP contribution is -2.17. The molecule has 0 aliphatic carbocycles. The SMILES string of the molecule is Cc1ccn(C(C)C(=O)c2ccccc2)n1. The molecule has 0 fully saturated rings. The Morgan fingerprint density at radius 1 is 1.25 bits per heavy atom. The van der Waals surface area contributed by atoms with Gasteiger partial charge in [-0.3, -0.25) is 9.48 Å². The number of carbonyl (C=O) groups is 1. The van der Waals surface area contributed by atoms with E-state index in [1.54, 1.807) is 4.68 Å². The van der Waals surface area contributed by atoms with Gasteiger partial charge in [0.2, 0.25) is 0 Å². The number of aryl methyl sites for hydroxylation is 1. The number of rotatable bonds is 3. The van der Waals surface area contributed by atoms with E-state index in [4.69, 9.17) is 0 Å². The second-order valence-corrected chi connectivity index (χ2v) is 3.84. The van der Waals surface area contributed by atoms with Crippen LogP contribution in [0.5, 0.6) is 0 Å². The molecule has 2 rings (SSSR count). The molecule has 0 saturated heterocycles. The second kappa shape index (κ2) is 4.31. The molecule has 0 amide bonds. The van der Waals surface area contributed by atoms with Gasteiger partial charge in [-0.1, -0.05) is 30.3 Å². The van der Waals surface area contributed by atoms with Crippen LogP contribution in [-0.2, 0) is 0 Å². The zero-order valence-electron chi connectivity index (χ0n) is 9.42. The molecule has 1 heterocycles. The van der Waals surface area contributed by atoms with Crippen molar-refractivity contribution in [2.24, 2.45) is 0 Å². The van der Waals surface area contributed by atoms with Gasteiger partial charge in [0.25, 0.3) is 0 Å². The van der Waals surface area contributed by atoms with Crippen LogP contribution in [0.1, 0.15) is 29.0 Å². The summed E-state index contributed by atoms with van der Waals surface area (Å²) in [5, 5.41) is 4.25. The average Bonchev–Trinajstić information content (AvgIpc) is 2.75. The van der Waals surface area contributed by atoms with Crippen molar-refractivity contribution in [3.63, 3.8) is 0 Å². The standard InChI is InChI=1S/C13H14N2O/c1-10-8-9-15(14-10)11(2)13(16)12-6-4-3-5-7-12/h3-9,11H,1-2H3. The highest BCUT2D eigenvalue weighted by Crippen LogP contribution is 2.13. The fraction of sp³-hybridized carbons (Fsp3) is 0.231. The quantitative estimate of drug-likeness (QED) is 0.736. The van der Waals surface area contributed by atoms with Gasteiger partial charge in [0.15, 0.2) is 5.78 Å². The average molecular weight is 214 g/mol. The summed E-state index contributed by atoms with van der Waals surface area (Å²) >= 11 is 0. The van der Waals surface area contributed by atoms with Crippen molar-refractivity contribution in [3.05, 3.63) is 53.9 Å². The van der Waals surface area contributed by atoms with Gasteiger partial charge in [-0.05, 0) is 19.9 Å². The number of Topliss-reactive ketones (excluding diaryl/α,β-unsaturated/α-hetero) is 1. The maximum atomic E-state index is 12.1. The van der Waals surface area contributed by atoms with E-state index in [9.17, 15) is 4.79 Å². The van der Waals surface area contributed by atoms with Crippen molar-refractivity contribution >= 4 is 5.78 Å². The zero-order valence-corrected chi connectivity index (χ0v) is 9.42. The van der Waals surface area contributed by atoms with Crippen molar-refractivity contribution in [3.8, 4) is 0 Å². The number of hydrogen-bond acceptors (Lipinski definition) is 2. The highest BCUT2D eigenvalue weighted by atomic mass is 16.1. The van der Waals surface area contributed by atoms with E-state index in [2.05, 4.69) is 5.10 Å². The van der Waals surface area contributed by atoms with E-state index in [0.717, 1.165) is 11.3 Å². The van der Waals surface area contributed by atoms with Gasteiger partial charge in [-0.2, -0.15) is 5.10 Å². The molecule has 0 saturated carbocycles. The fourth-order valence-corrected chi connectivity index (χ4v) is 1.61. The lowest BCUT2D eigenvalue weighted by atomic mass is 10.1. The highest BCUT2D eigenvalue weighted by molar-refractivity contribution is 5.98. The summed E-state index contributed by atoms with van der Waals surface area (Å²) in [5.41, 5.74) is 1.65. The highest BCUT2D eigenvalue weighted by Gasteiger charge is 2.16. The molecule has 0 aliphatic heterocycles. The molecule has 16 heavy (non-hydrogen) atoms. The molecule has 0 bridgehead atoms. The number of ketones is 1. The summed E-state index contributed by atoms with van der Waals surface area (Å²) in [7, 11) is 0. The van der Waals surface area contributed by atoms with Crippen molar-refractivity contribution in [2.75, 3.05) is 0 Å². The maximum Gasteiger partial charge on any atom is 0.187 e. The molecule has 0 spiro atoms. The Balaban J connectivity index is 2.23. The van der Waals surface area contributed by atoms with Crippen LogP contribution in [-0.4, -0.2) is 15.6 Å². The third kappa shape index (κ3) is 2.03. The van der Waals surface area contributed by atoms with Crippen LogP contribution >= 0.6 is 0 Å². The van der Waals surface area contributed by atoms with Crippen LogP contribution in [0.25, 0.3) is 0 Å². The molecular formula is C13H14N2O. The minimum absolute atomic E-state index is 0.0868. The van der Waals surface area contributed by atoms with Crippen molar-refractivity contribution in [1.29, 1.82) is 0 Å². The summed E-state index contributed by atoms with van der Waals surface area (Å²) in [6.45, 7) is 3.78. The van der Waals surface area contributed by atoms with Crippen molar-refractivity contribution in [2.45, 2.75) is 19.9 Å². The zero-order chi connectivity index (χ0) is 11.5. The van der Waals surface area contributed by atoms with E-state index >= 15 is 0 Å². The van der Waals surface area contributed by atoms with Crippen LogP contribution in [0.2, 0.25) is 0 Å². The Kier molecular flexibility index (Phi) is 2.86. The molecule has 0 N–H and O–H groups in total. The molecule has 0 radical (unpaired) electrons. The van der Waals surface area contributed by atoms with E-state index < -0.39 is 0 Å². The molecule has 1 atom stereocenters. The lowest BCUT2D eigenvalue weighted by molar-refractivity contribution is 0.0928. The van der Waals surface area contributed by atoms with Gasteiger partial charge in [0.1, 0.15) is 6.04 Å². The normalized spacial score (nSPS) is 12.4. The lowest BCUT2D eigenvalue weighted by Gasteiger charge is -2.10. The van der Waals surface area contributed by atoms with Crippen LogP contribution in [0, 0.1) is 6.92 Å². The van der Waals surface area contributed by atoms with Gasteiger partial charge in [-0.25, -0.2) is 0 Å². The maximum absolute atomic E-state index is 12.1. The molecule has 1 unspecified atom stereocenters. The molecule has 82 valence electrons. The molecule has 3 nitrogen and oxygen atoms in total. The Hall–Kier alpha value is -1.90. The molecule has 2 aromatic rings. The van der Waals surface area contributed by atoms with Crippen LogP contribution in [0.3, 0.4) is 0 Å². The number of carbonyl (C=O) groups excluding carboxylic acids is 1. The summed E-state index contributed by atoms with van der Waals surface area (Å²) < 4.78 is 1.70. The van der Waals surface area contributed by atoms with Gasteiger partial charge in [0.05, 0.1) is 5.69 Å². The van der Waals surface area contributed by atoms with Crippen LogP contribution < -0.4 is 0 Å². The van der Waals surface area contributed by atoms with E-state index in [-0.39, 0.29) is 11.8 Å². The smallest absolute Gasteiger partial charge is 0.187 e. The summed E-state index contributed by atoms with van der Waals surface area (Å²) in [5.74, 6) is 0.0868. The number of nitrogens with zero attached hydrogens (tertiary/aromatic N) is 2. The van der Waals surface area contributed by atoms with E-state index in [1.165, 1.54) is 0 Å². The first-order valence-corrected chi connectivity index (χ1v) is 5.29. The monoisotopic (exact) mass is 214 g/mol.